The van der Waals surface area contributed by atoms with Gasteiger partial charge < -0.3 is 0 Å². The van der Waals surface area contributed by atoms with Gasteiger partial charge in [-0.3, -0.25) is 10.2 Å². The fourth-order valence-electron chi connectivity index (χ4n) is 1.73. The predicted molar refractivity (Wildman–Crippen MR) is 66.7 cm³/mol. The van der Waals surface area contributed by atoms with Crippen LogP contribution in [0.4, 0.5) is 0 Å². The molecule has 0 aliphatic carbocycles. The first-order chi connectivity index (χ1) is 8.60. The molecule has 0 spiro atoms. The van der Waals surface area contributed by atoms with Gasteiger partial charge in [0.2, 0.25) is 0 Å². The van der Waals surface area contributed by atoms with Crippen molar-refractivity contribution in [1.29, 1.82) is 0 Å². The second kappa shape index (κ2) is 4.97. The van der Waals surface area contributed by atoms with Crippen molar-refractivity contribution in [2.45, 2.75) is 20.4 Å². The quantitative estimate of drug-likeness (QED) is 0.469. The zero-order valence-electron chi connectivity index (χ0n) is 10.3. The monoisotopic (exact) mass is 245 g/mol. The third-order valence-electron chi connectivity index (χ3n) is 2.64. The third-order valence-corrected chi connectivity index (χ3v) is 2.64. The van der Waals surface area contributed by atoms with Gasteiger partial charge in [0, 0.05) is 5.56 Å². The lowest BCUT2D eigenvalue weighted by Gasteiger charge is -2.04. The van der Waals surface area contributed by atoms with Gasteiger partial charge in [0.25, 0.3) is 5.91 Å². The van der Waals surface area contributed by atoms with Crippen LogP contribution in [0.5, 0.6) is 0 Å². The van der Waals surface area contributed by atoms with Gasteiger partial charge in [0.15, 0.2) is 0 Å². The summed E-state index contributed by atoms with van der Waals surface area (Å²) in [6, 6.07) is 7.22. The first-order valence-corrected chi connectivity index (χ1v) is 5.58. The third kappa shape index (κ3) is 2.54. The van der Waals surface area contributed by atoms with Crippen LogP contribution in [0.1, 0.15) is 27.6 Å². The Balaban J connectivity index is 2.16. The summed E-state index contributed by atoms with van der Waals surface area (Å²) in [5.74, 6) is 6.40. The number of aromatic nitrogens is 3. The van der Waals surface area contributed by atoms with Crippen LogP contribution in [-0.4, -0.2) is 20.7 Å². The van der Waals surface area contributed by atoms with E-state index in [4.69, 9.17) is 5.84 Å². The number of hydrazine groups is 1. The number of amides is 1. The normalized spacial score (nSPS) is 10.4. The molecule has 0 aliphatic rings. The van der Waals surface area contributed by atoms with Crippen molar-refractivity contribution in [3.63, 3.8) is 0 Å². The van der Waals surface area contributed by atoms with Crippen LogP contribution in [0.3, 0.4) is 0 Å². The summed E-state index contributed by atoms with van der Waals surface area (Å²) >= 11 is 0. The highest BCUT2D eigenvalue weighted by Gasteiger charge is 2.05. The van der Waals surface area contributed by atoms with Gasteiger partial charge in [0.1, 0.15) is 11.6 Å². The van der Waals surface area contributed by atoms with Gasteiger partial charge in [-0.25, -0.2) is 15.5 Å². The number of nitrogens with one attached hydrogen (secondary N) is 1. The Morgan fingerprint density at radius 1 is 1.33 bits per heavy atom. The average Bonchev–Trinajstić information content (AvgIpc) is 2.68. The van der Waals surface area contributed by atoms with E-state index in [9.17, 15) is 4.79 Å². The summed E-state index contributed by atoms with van der Waals surface area (Å²) in [6.45, 7) is 4.41. The molecule has 1 amide bonds. The van der Waals surface area contributed by atoms with Crippen LogP contribution >= 0.6 is 0 Å². The summed E-state index contributed by atoms with van der Waals surface area (Å²) < 4.78 is 1.83. The number of aryl methyl sites for hydroxylation is 2. The average molecular weight is 245 g/mol. The molecule has 2 rings (SSSR count). The Morgan fingerprint density at radius 2 is 2.00 bits per heavy atom. The minimum atomic E-state index is -0.297. The van der Waals surface area contributed by atoms with Crippen LogP contribution in [-0.2, 0) is 6.54 Å². The van der Waals surface area contributed by atoms with Crippen LogP contribution in [0.25, 0.3) is 0 Å². The molecule has 0 fully saturated rings. The van der Waals surface area contributed by atoms with E-state index in [0.29, 0.717) is 12.1 Å². The molecule has 0 radical (unpaired) electrons. The highest BCUT2D eigenvalue weighted by Crippen LogP contribution is 2.07. The van der Waals surface area contributed by atoms with E-state index < -0.39 is 0 Å². The molecule has 1 aromatic carbocycles. The molecular weight excluding hydrogens is 230 g/mol. The Morgan fingerprint density at radius 3 is 2.50 bits per heavy atom. The lowest BCUT2D eigenvalue weighted by Crippen LogP contribution is -2.29. The van der Waals surface area contributed by atoms with Gasteiger partial charge in [-0.2, -0.15) is 5.10 Å². The smallest absolute Gasteiger partial charge is 0.265 e. The lowest BCUT2D eigenvalue weighted by atomic mass is 10.1. The van der Waals surface area contributed by atoms with E-state index in [0.717, 1.165) is 17.2 Å². The number of hydrogen-bond donors (Lipinski definition) is 2. The zero-order chi connectivity index (χ0) is 13.1. The molecule has 94 valence electrons. The Hall–Kier alpha value is -2.21. The maximum Gasteiger partial charge on any atom is 0.265 e. The SMILES string of the molecule is Cc1nc(C)n(Cc2ccc(C(=O)NN)cc2)n1. The van der Waals surface area contributed by atoms with Crippen molar-refractivity contribution in [3.8, 4) is 0 Å². The summed E-state index contributed by atoms with van der Waals surface area (Å²) in [4.78, 5) is 15.5. The van der Waals surface area contributed by atoms with Crippen LogP contribution < -0.4 is 11.3 Å². The number of benzene rings is 1. The zero-order valence-corrected chi connectivity index (χ0v) is 10.3. The van der Waals surface area contributed by atoms with E-state index >= 15 is 0 Å². The van der Waals surface area contributed by atoms with Crippen molar-refractivity contribution in [1.82, 2.24) is 20.2 Å². The molecule has 0 bridgehead atoms. The summed E-state index contributed by atoms with van der Waals surface area (Å²) in [6.07, 6.45) is 0. The lowest BCUT2D eigenvalue weighted by molar-refractivity contribution is 0.0953. The van der Waals surface area contributed by atoms with E-state index in [1.807, 2.05) is 30.7 Å². The van der Waals surface area contributed by atoms with Crippen molar-refractivity contribution in [2.75, 3.05) is 0 Å². The number of rotatable bonds is 3. The van der Waals surface area contributed by atoms with Gasteiger partial charge in [0.05, 0.1) is 6.54 Å². The molecule has 0 unspecified atom stereocenters. The number of hydrogen-bond acceptors (Lipinski definition) is 4. The number of nitrogen functional groups attached to an aromatic ring is 1. The molecule has 6 nitrogen and oxygen atoms in total. The fraction of sp³-hybridized carbons (Fsp3) is 0.250. The first kappa shape index (κ1) is 12.3. The van der Waals surface area contributed by atoms with Gasteiger partial charge in [-0.15, -0.1) is 0 Å². The molecule has 3 N–H and O–H groups in total. The van der Waals surface area contributed by atoms with Crippen LogP contribution in [0, 0.1) is 13.8 Å². The van der Waals surface area contributed by atoms with Crippen molar-refractivity contribution >= 4 is 5.91 Å². The second-order valence-corrected chi connectivity index (χ2v) is 4.03. The summed E-state index contributed by atoms with van der Waals surface area (Å²) in [5.41, 5.74) is 3.68. The molecule has 0 saturated carbocycles. The number of carbonyl (C=O) groups is 1. The predicted octanol–water partition coefficient (Wildman–Crippen LogP) is 0.547. The van der Waals surface area contributed by atoms with E-state index in [1.54, 1.807) is 12.1 Å². The molecule has 2 aromatic rings. The van der Waals surface area contributed by atoms with Crippen LogP contribution in [0.15, 0.2) is 24.3 Å². The minimum absolute atomic E-state index is 0.297. The molecular formula is C12H15N5O. The van der Waals surface area contributed by atoms with Crippen molar-refractivity contribution in [2.24, 2.45) is 5.84 Å². The topological polar surface area (TPSA) is 85.8 Å². The van der Waals surface area contributed by atoms with Crippen molar-refractivity contribution in [3.05, 3.63) is 47.0 Å². The largest absolute Gasteiger partial charge is 0.290 e. The van der Waals surface area contributed by atoms with E-state index in [-0.39, 0.29) is 5.91 Å². The minimum Gasteiger partial charge on any atom is -0.290 e. The molecule has 18 heavy (non-hydrogen) atoms. The molecule has 1 heterocycles. The first-order valence-electron chi connectivity index (χ1n) is 5.58. The number of nitrogens with zero attached hydrogens (tertiary/aromatic N) is 3. The molecule has 0 aliphatic heterocycles. The number of nitrogens with two attached hydrogens (primary N) is 1. The second-order valence-electron chi connectivity index (χ2n) is 4.03. The van der Waals surface area contributed by atoms with Gasteiger partial charge >= 0.3 is 0 Å². The summed E-state index contributed by atoms with van der Waals surface area (Å²) in [7, 11) is 0. The highest BCUT2D eigenvalue weighted by molar-refractivity contribution is 5.93. The Labute approximate surface area is 105 Å². The molecule has 0 saturated heterocycles. The van der Waals surface area contributed by atoms with Crippen molar-refractivity contribution < 1.29 is 4.79 Å². The highest BCUT2D eigenvalue weighted by atomic mass is 16.2. The maximum absolute atomic E-state index is 11.3. The van der Waals surface area contributed by atoms with E-state index in [1.165, 1.54) is 0 Å². The summed E-state index contributed by atoms with van der Waals surface area (Å²) in [5, 5.41) is 4.29. The van der Waals surface area contributed by atoms with E-state index in [2.05, 4.69) is 15.5 Å². The standard InChI is InChI=1S/C12H15N5O/c1-8-14-9(2)17(16-8)7-10-3-5-11(6-4-10)12(18)15-13/h3-6H,7,13H2,1-2H3,(H,15,18). The molecule has 1 aromatic heterocycles. The number of carbonyl (C=O) groups excluding carboxylic acids is 1. The van der Waals surface area contributed by atoms with Gasteiger partial charge in [-0.05, 0) is 31.5 Å². The van der Waals surface area contributed by atoms with Gasteiger partial charge in [-0.1, -0.05) is 12.1 Å². The molecule has 6 heteroatoms. The van der Waals surface area contributed by atoms with Crippen LogP contribution in [0.2, 0.25) is 0 Å². The molecule has 0 atom stereocenters. The Bertz CT molecular complexity index is 558. The Kier molecular flexibility index (Phi) is 3.38. The maximum atomic E-state index is 11.3. The fourth-order valence-corrected chi connectivity index (χ4v) is 1.73.